The lowest BCUT2D eigenvalue weighted by molar-refractivity contribution is -0.140. The van der Waals surface area contributed by atoms with Crippen LogP contribution in [0.5, 0.6) is 5.75 Å². The maximum absolute atomic E-state index is 15.2. The number of anilines is 1. The van der Waals surface area contributed by atoms with Gasteiger partial charge in [0.2, 0.25) is 23.6 Å². The molecule has 0 aromatic heterocycles. The SMILES string of the molecule is C=CCc1cccc([C@H]2C3=CC[C@@H]4C(=O)N(CC)C(=O)[C@@H]4[C@@H]3C[C@H]3C(=O)N(c4cccc(Cl)c4)C(=O)[C@@]23c2ccccc2)c1O. The van der Waals surface area contributed by atoms with Crippen LogP contribution in [0.2, 0.25) is 5.02 Å². The number of amides is 4. The summed E-state index contributed by atoms with van der Waals surface area (Å²) < 4.78 is 0. The van der Waals surface area contributed by atoms with Crippen LogP contribution in [0.1, 0.15) is 42.4 Å². The average Bonchev–Trinajstić information content (AvgIpc) is 3.43. The highest BCUT2D eigenvalue weighted by Crippen LogP contribution is 2.65. The Morgan fingerprint density at radius 3 is 2.42 bits per heavy atom. The van der Waals surface area contributed by atoms with Crippen LogP contribution in [0.3, 0.4) is 0 Å². The summed E-state index contributed by atoms with van der Waals surface area (Å²) in [5, 5.41) is 12.2. The van der Waals surface area contributed by atoms with Gasteiger partial charge >= 0.3 is 0 Å². The third kappa shape index (κ3) is 4.03. The second-order valence-corrected chi connectivity index (χ2v) is 12.8. The van der Waals surface area contributed by atoms with E-state index in [9.17, 15) is 19.5 Å². The van der Waals surface area contributed by atoms with Crippen LogP contribution in [0.25, 0.3) is 0 Å². The van der Waals surface area contributed by atoms with Crippen molar-refractivity contribution in [1.82, 2.24) is 4.90 Å². The van der Waals surface area contributed by atoms with Crippen LogP contribution < -0.4 is 4.90 Å². The third-order valence-corrected chi connectivity index (χ3v) is 10.6. The van der Waals surface area contributed by atoms with Gasteiger partial charge in [0.1, 0.15) is 5.75 Å². The Morgan fingerprint density at radius 1 is 0.956 bits per heavy atom. The Kier molecular flexibility index (Phi) is 7.04. The number of phenolic OH excluding ortho intramolecular Hbond substituents is 1. The van der Waals surface area contributed by atoms with Gasteiger partial charge in [0.25, 0.3) is 0 Å². The van der Waals surface area contributed by atoms with Crippen molar-refractivity contribution in [1.29, 1.82) is 0 Å². The number of hydrogen-bond acceptors (Lipinski definition) is 5. The average molecular weight is 621 g/mol. The van der Waals surface area contributed by atoms with Crippen LogP contribution in [0.4, 0.5) is 5.69 Å². The van der Waals surface area contributed by atoms with Crippen LogP contribution in [-0.4, -0.2) is 40.2 Å². The molecule has 6 atom stereocenters. The first-order valence-corrected chi connectivity index (χ1v) is 15.8. The van der Waals surface area contributed by atoms with E-state index in [4.69, 9.17) is 11.6 Å². The van der Waals surface area contributed by atoms with Crippen molar-refractivity contribution in [2.45, 2.75) is 37.5 Å². The number of nitrogens with zero attached hydrogens (tertiary/aromatic N) is 2. The van der Waals surface area contributed by atoms with Crippen molar-refractivity contribution in [2.75, 3.05) is 11.4 Å². The van der Waals surface area contributed by atoms with E-state index in [1.165, 1.54) is 9.80 Å². The smallest absolute Gasteiger partial charge is 0.246 e. The maximum Gasteiger partial charge on any atom is 0.246 e. The summed E-state index contributed by atoms with van der Waals surface area (Å²) >= 11 is 6.36. The van der Waals surface area contributed by atoms with Crippen molar-refractivity contribution in [3.8, 4) is 5.75 Å². The number of likely N-dealkylation sites (tertiary alicyclic amines) is 1. The molecule has 3 fully saturated rings. The summed E-state index contributed by atoms with van der Waals surface area (Å²) in [5.41, 5.74) is 1.56. The van der Waals surface area contributed by atoms with Crippen molar-refractivity contribution >= 4 is 40.9 Å². The summed E-state index contributed by atoms with van der Waals surface area (Å²) in [6.45, 7) is 5.91. The molecule has 45 heavy (non-hydrogen) atoms. The van der Waals surface area contributed by atoms with Crippen LogP contribution >= 0.6 is 11.6 Å². The monoisotopic (exact) mass is 620 g/mol. The molecule has 0 radical (unpaired) electrons. The first kappa shape index (κ1) is 29.2. The Morgan fingerprint density at radius 2 is 1.71 bits per heavy atom. The molecule has 7 nitrogen and oxygen atoms in total. The molecule has 3 aromatic rings. The lowest BCUT2D eigenvalue weighted by atomic mass is 9.49. The quantitative estimate of drug-likeness (QED) is 0.271. The zero-order chi connectivity index (χ0) is 31.6. The number of phenols is 1. The standard InChI is InChI=1S/C37H33ClN2O5/c1-3-10-21-11-8-16-27(32(21)41)31-25-17-18-26-30(35(44)39(4-2)33(26)42)28(25)20-29-34(43)40(24-15-9-14-23(38)19-24)36(45)37(29,31)22-12-6-5-7-13-22/h3,5-9,11-17,19,26,28-31,41H,1,4,10,18,20H2,2H3/t26-,28+,29-,30-,31+,37+/m0/s1. The molecule has 0 spiro atoms. The molecule has 2 heterocycles. The fourth-order valence-corrected chi connectivity index (χ4v) is 8.81. The zero-order valence-electron chi connectivity index (χ0n) is 24.9. The van der Waals surface area contributed by atoms with Gasteiger partial charge in [-0.1, -0.05) is 83.9 Å². The largest absolute Gasteiger partial charge is 0.507 e. The van der Waals surface area contributed by atoms with Gasteiger partial charge in [-0.2, -0.15) is 0 Å². The van der Waals surface area contributed by atoms with Gasteiger partial charge in [-0.15, -0.1) is 6.58 Å². The first-order valence-electron chi connectivity index (χ1n) is 15.4. The summed E-state index contributed by atoms with van der Waals surface area (Å²) in [6.07, 6.45) is 4.67. The van der Waals surface area contributed by atoms with Crippen molar-refractivity contribution < 1.29 is 24.3 Å². The molecule has 2 aliphatic carbocycles. The minimum absolute atomic E-state index is 0.0330. The van der Waals surface area contributed by atoms with Gasteiger partial charge in [0.15, 0.2) is 0 Å². The predicted octanol–water partition coefficient (Wildman–Crippen LogP) is 5.96. The van der Waals surface area contributed by atoms with Gasteiger partial charge in [0, 0.05) is 23.0 Å². The van der Waals surface area contributed by atoms with E-state index in [1.54, 1.807) is 37.3 Å². The van der Waals surface area contributed by atoms with Gasteiger partial charge in [-0.25, -0.2) is 4.90 Å². The Hall–Kier alpha value is -4.49. The van der Waals surface area contributed by atoms with E-state index in [1.807, 2.05) is 54.6 Å². The van der Waals surface area contributed by atoms with Crippen molar-refractivity contribution in [2.24, 2.45) is 23.7 Å². The number of halogens is 1. The summed E-state index contributed by atoms with van der Waals surface area (Å²) in [5.74, 6) is -4.48. The fraction of sp³-hybridized carbons (Fsp3) is 0.297. The number of fused-ring (bicyclic) bond motifs is 4. The molecule has 228 valence electrons. The van der Waals surface area contributed by atoms with Gasteiger partial charge < -0.3 is 5.11 Å². The van der Waals surface area contributed by atoms with E-state index < -0.39 is 40.9 Å². The van der Waals surface area contributed by atoms with Gasteiger partial charge in [-0.05, 0) is 61.4 Å². The second-order valence-electron chi connectivity index (χ2n) is 12.4. The number of carbonyl (C=O) groups is 4. The molecular formula is C37H33ClN2O5. The summed E-state index contributed by atoms with van der Waals surface area (Å²) in [7, 11) is 0. The van der Waals surface area contributed by atoms with E-state index in [-0.39, 0.29) is 36.4 Å². The number of allylic oxidation sites excluding steroid dienone is 3. The predicted molar refractivity (Wildman–Crippen MR) is 170 cm³/mol. The Balaban J connectivity index is 1.53. The minimum Gasteiger partial charge on any atom is -0.507 e. The van der Waals surface area contributed by atoms with E-state index >= 15 is 4.79 Å². The Labute approximate surface area is 266 Å². The Bertz CT molecular complexity index is 1800. The number of carbonyl (C=O) groups excluding carboxylic acids is 4. The maximum atomic E-state index is 15.2. The molecule has 4 amide bonds. The minimum atomic E-state index is -1.43. The molecule has 2 aliphatic heterocycles. The third-order valence-electron chi connectivity index (χ3n) is 10.4. The van der Waals surface area contributed by atoms with Crippen LogP contribution in [-0.2, 0) is 31.0 Å². The number of aromatic hydroxyl groups is 1. The number of benzene rings is 3. The highest BCUT2D eigenvalue weighted by molar-refractivity contribution is 6.32. The van der Waals surface area contributed by atoms with Gasteiger partial charge in [0.05, 0.1) is 28.9 Å². The van der Waals surface area contributed by atoms with Crippen LogP contribution in [0.15, 0.2) is 97.1 Å². The molecule has 0 bridgehead atoms. The van der Waals surface area contributed by atoms with Crippen LogP contribution in [0, 0.1) is 23.7 Å². The topological polar surface area (TPSA) is 95.0 Å². The number of para-hydroxylation sites is 1. The summed E-state index contributed by atoms with van der Waals surface area (Å²) in [6, 6.07) is 21.4. The fourth-order valence-electron chi connectivity index (χ4n) is 8.63. The van der Waals surface area contributed by atoms with E-state index in [0.29, 0.717) is 40.2 Å². The van der Waals surface area contributed by atoms with E-state index in [2.05, 4.69) is 6.58 Å². The lowest BCUT2D eigenvalue weighted by Crippen LogP contribution is -2.53. The second kappa shape index (κ2) is 10.8. The highest BCUT2D eigenvalue weighted by atomic mass is 35.5. The molecule has 7 rings (SSSR count). The molecule has 1 saturated carbocycles. The summed E-state index contributed by atoms with van der Waals surface area (Å²) in [4.78, 5) is 59.7. The number of hydrogen-bond donors (Lipinski definition) is 1. The molecule has 2 saturated heterocycles. The molecule has 4 aliphatic rings. The van der Waals surface area contributed by atoms with Gasteiger partial charge in [-0.3, -0.25) is 24.1 Å². The molecule has 1 N–H and O–H groups in total. The van der Waals surface area contributed by atoms with Crippen molar-refractivity contribution in [3.05, 3.63) is 119 Å². The lowest BCUT2D eigenvalue weighted by Gasteiger charge is -2.50. The molecule has 3 aromatic carbocycles. The number of rotatable bonds is 6. The van der Waals surface area contributed by atoms with Crippen molar-refractivity contribution in [3.63, 3.8) is 0 Å². The zero-order valence-corrected chi connectivity index (χ0v) is 25.6. The first-order chi connectivity index (χ1) is 21.7. The highest BCUT2D eigenvalue weighted by Gasteiger charge is 2.70. The number of imide groups is 2. The molecule has 8 heteroatoms. The molecular weight excluding hydrogens is 588 g/mol. The normalized spacial score (nSPS) is 28.9. The molecule has 0 unspecified atom stereocenters. The van der Waals surface area contributed by atoms with E-state index in [0.717, 1.165) is 5.57 Å².